The molecule has 0 aliphatic heterocycles. The first-order valence-corrected chi connectivity index (χ1v) is 8.35. The maximum Gasteiger partial charge on any atom is 0.258 e. The molecule has 1 heterocycles. The second-order valence-electron chi connectivity index (χ2n) is 5.88. The number of hydrogen-bond donors (Lipinski definition) is 2. The summed E-state index contributed by atoms with van der Waals surface area (Å²) in [6.07, 6.45) is 1.55. The Morgan fingerprint density at radius 2 is 1.81 bits per heavy atom. The second-order valence-corrected chi connectivity index (χ2v) is 5.88. The van der Waals surface area contributed by atoms with Crippen molar-refractivity contribution in [2.45, 2.75) is 19.9 Å². The third kappa shape index (κ3) is 5.60. The number of amides is 2. The zero-order chi connectivity index (χ0) is 19.8. The van der Waals surface area contributed by atoms with Gasteiger partial charge in [0, 0.05) is 17.8 Å². The van der Waals surface area contributed by atoms with Gasteiger partial charge in [0.05, 0.1) is 14.2 Å². The zero-order valence-electron chi connectivity index (χ0n) is 15.7. The molecule has 0 atom stereocenters. The van der Waals surface area contributed by atoms with Gasteiger partial charge in [-0.15, -0.1) is 0 Å². The van der Waals surface area contributed by atoms with Crippen LogP contribution in [-0.4, -0.2) is 43.7 Å². The highest BCUT2D eigenvalue weighted by Crippen LogP contribution is 2.29. The molecule has 0 fully saturated rings. The number of aromatic nitrogens is 1. The summed E-state index contributed by atoms with van der Waals surface area (Å²) < 4.78 is 15.9. The molecule has 1 aromatic heterocycles. The first kappa shape index (κ1) is 20.0. The van der Waals surface area contributed by atoms with E-state index in [2.05, 4.69) is 15.6 Å². The summed E-state index contributed by atoms with van der Waals surface area (Å²) in [5, 5.41) is 5.42. The van der Waals surface area contributed by atoms with E-state index in [-0.39, 0.29) is 24.5 Å². The normalized spacial score (nSPS) is 10.3. The van der Waals surface area contributed by atoms with Gasteiger partial charge in [-0.05, 0) is 44.2 Å². The quantitative estimate of drug-likeness (QED) is 0.736. The van der Waals surface area contributed by atoms with Crippen molar-refractivity contribution < 1.29 is 23.8 Å². The van der Waals surface area contributed by atoms with Crippen molar-refractivity contribution >= 4 is 17.6 Å². The number of anilines is 1. The van der Waals surface area contributed by atoms with E-state index in [0.29, 0.717) is 28.6 Å². The van der Waals surface area contributed by atoms with E-state index < -0.39 is 0 Å². The lowest BCUT2D eigenvalue weighted by Gasteiger charge is -2.13. The average Bonchev–Trinajstić information content (AvgIpc) is 2.66. The Morgan fingerprint density at radius 3 is 2.48 bits per heavy atom. The van der Waals surface area contributed by atoms with E-state index in [1.54, 1.807) is 30.5 Å². The molecule has 0 aliphatic rings. The molecule has 2 amide bonds. The van der Waals surface area contributed by atoms with Gasteiger partial charge in [-0.1, -0.05) is 0 Å². The number of carbonyl (C=O) groups is 2. The number of hydrogen-bond acceptors (Lipinski definition) is 6. The molecule has 2 N–H and O–H groups in total. The molecule has 2 rings (SSSR count). The summed E-state index contributed by atoms with van der Waals surface area (Å²) in [5.41, 5.74) is 0.346. The van der Waals surface area contributed by atoms with Gasteiger partial charge in [0.2, 0.25) is 0 Å². The SMILES string of the molecule is COc1cc(C(=O)Nc2ncccc2OC)ccc1OCC(=O)NC(C)C. The zero-order valence-corrected chi connectivity index (χ0v) is 15.7. The monoisotopic (exact) mass is 373 g/mol. The van der Waals surface area contributed by atoms with E-state index in [9.17, 15) is 9.59 Å². The molecule has 0 radical (unpaired) electrons. The molecule has 0 bridgehead atoms. The molecule has 27 heavy (non-hydrogen) atoms. The van der Waals surface area contributed by atoms with Crippen molar-refractivity contribution in [3.8, 4) is 17.2 Å². The number of benzene rings is 1. The molecule has 0 saturated carbocycles. The summed E-state index contributed by atoms with van der Waals surface area (Å²) in [6.45, 7) is 3.58. The number of ether oxygens (including phenoxy) is 3. The lowest BCUT2D eigenvalue weighted by molar-refractivity contribution is -0.123. The highest BCUT2D eigenvalue weighted by molar-refractivity contribution is 6.04. The Labute approximate surface area is 157 Å². The summed E-state index contributed by atoms with van der Waals surface area (Å²) in [4.78, 5) is 28.3. The smallest absolute Gasteiger partial charge is 0.258 e. The van der Waals surface area contributed by atoms with Crippen LogP contribution in [0.3, 0.4) is 0 Å². The highest BCUT2D eigenvalue weighted by Gasteiger charge is 2.15. The molecule has 8 nitrogen and oxygen atoms in total. The lowest BCUT2D eigenvalue weighted by atomic mass is 10.2. The molecule has 1 aromatic carbocycles. The number of nitrogens with zero attached hydrogens (tertiary/aromatic N) is 1. The maximum atomic E-state index is 12.5. The first-order chi connectivity index (χ1) is 12.9. The minimum absolute atomic E-state index is 0.0256. The van der Waals surface area contributed by atoms with Crippen LogP contribution >= 0.6 is 0 Å². The van der Waals surface area contributed by atoms with Crippen molar-refractivity contribution in [3.63, 3.8) is 0 Å². The van der Waals surface area contributed by atoms with Crippen molar-refractivity contribution in [2.24, 2.45) is 0 Å². The molecule has 144 valence electrons. The molecular formula is C19H23N3O5. The molecule has 0 unspecified atom stereocenters. The second kappa shape index (κ2) is 9.42. The molecule has 8 heteroatoms. The Bertz CT molecular complexity index is 808. The van der Waals surface area contributed by atoms with Gasteiger partial charge in [-0.25, -0.2) is 4.98 Å². The summed E-state index contributed by atoms with van der Waals surface area (Å²) >= 11 is 0. The summed E-state index contributed by atoms with van der Waals surface area (Å²) in [7, 11) is 2.96. The first-order valence-electron chi connectivity index (χ1n) is 8.35. The van der Waals surface area contributed by atoms with Gasteiger partial charge in [0.25, 0.3) is 11.8 Å². The van der Waals surface area contributed by atoms with Gasteiger partial charge in [-0.3, -0.25) is 9.59 Å². The minimum Gasteiger partial charge on any atom is -0.493 e. The fraction of sp³-hybridized carbons (Fsp3) is 0.316. The summed E-state index contributed by atoms with van der Waals surface area (Å²) in [6, 6.07) is 8.11. The third-order valence-corrected chi connectivity index (χ3v) is 3.46. The highest BCUT2D eigenvalue weighted by atomic mass is 16.5. The predicted octanol–water partition coefficient (Wildman–Crippen LogP) is 2.25. The topological polar surface area (TPSA) is 98.8 Å². The van der Waals surface area contributed by atoms with E-state index >= 15 is 0 Å². The van der Waals surface area contributed by atoms with Gasteiger partial charge in [0.15, 0.2) is 29.7 Å². The van der Waals surface area contributed by atoms with Crippen LogP contribution < -0.4 is 24.8 Å². The Kier molecular flexibility index (Phi) is 6.99. The van der Waals surface area contributed by atoms with Gasteiger partial charge in [0.1, 0.15) is 0 Å². The number of pyridine rings is 1. The number of carbonyl (C=O) groups excluding carboxylic acids is 2. The van der Waals surface area contributed by atoms with E-state index in [4.69, 9.17) is 14.2 Å². The van der Waals surface area contributed by atoms with Crippen molar-refractivity contribution in [2.75, 3.05) is 26.1 Å². The Balaban J connectivity index is 2.10. The molecule has 0 saturated heterocycles. The third-order valence-electron chi connectivity index (χ3n) is 3.46. The van der Waals surface area contributed by atoms with Gasteiger partial charge < -0.3 is 24.8 Å². The minimum atomic E-state index is -0.380. The van der Waals surface area contributed by atoms with Crippen LogP contribution in [0.25, 0.3) is 0 Å². The van der Waals surface area contributed by atoms with Crippen LogP contribution in [0.2, 0.25) is 0 Å². The predicted molar refractivity (Wildman–Crippen MR) is 101 cm³/mol. The molecule has 0 spiro atoms. The average molecular weight is 373 g/mol. The van der Waals surface area contributed by atoms with Gasteiger partial charge in [-0.2, -0.15) is 0 Å². The molecule has 2 aromatic rings. The molecule has 0 aliphatic carbocycles. The van der Waals surface area contributed by atoms with Crippen LogP contribution in [0.15, 0.2) is 36.5 Å². The number of nitrogens with one attached hydrogen (secondary N) is 2. The summed E-state index contributed by atoms with van der Waals surface area (Å²) in [5.74, 6) is 0.852. The van der Waals surface area contributed by atoms with Crippen LogP contribution in [0.1, 0.15) is 24.2 Å². The largest absolute Gasteiger partial charge is 0.493 e. The van der Waals surface area contributed by atoms with Crippen LogP contribution in [0.5, 0.6) is 17.2 Å². The van der Waals surface area contributed by atoms with E-state index in [1.165, 1.54) is 20.3 Å². The van der Waals surface area contributed by atoms with Crippen molar-refractivity contribution in [3.05, 3.63) is 42.1 Å². The fourth-order valence-electron chi connectivity index (χ4n) is 2.26. The van der Waals surface area contributed by atoms with Crippen molar-refractivity contribution in [1.29, 1.82) is 0 Å². The number of rotatable bonds is 8. The van der Waals surface area contributed by atoms with Gasteiger partial charge >= 0.3 is 0 Å². The van der Waals surface area contributed by atoms with Crippen LogP contribution in [0, 0.1) is 0 Å². The van der Waals surface area contributed by atoms with Crippen LogP contribution in [-0.2, 0) is 4.79 Å². The van der Waals surface area contributed by atoms with Crippen molar-refractivity contribution in [1.82, 2.24) is 10.3 Å². The van der Waals surface area contributed by atoms with Crippen LogP contribution in [0.4, 0.5) is 5.82 Å². The lowest BCUT2D eigenvalue weighted by Crippen LogP contribution is -2.34. The van der Waals surface area contributed by atoms with E-state index in [1.807, 2.05) is 13.8 Å². The fourth-order valence-corrected chi connectivity index (χ4v) is 2.26. The standard InChI is InChI=1S/C19H23N3O5/c1-12(2)21-17(23)11-27-14-8-7-13(10-16(14)26-4)19(24)22-18-15(25-3)6-5-9-20-18/h5-10,12H,11H2,1-4H3,(H,21,23)(H,20,22,24). The Hall–Kier alpha value is -3.29. The number of methoxy groups -OCH3 is 2. The Morgan fingerprint density at radius 1 is 1.07 bits per heavy atom. The van der Waals surface area contributed by atoms with E-state index in [0.717, 1.165) is 0 Å². The maximum absolute atomic E-state index is 12.5. The molecular weight excluding hydrogens is 350 g/mol.